The Morgan fingerprint density at radius 3 is 2.24 bits per heavy atom. The van der Waals surface area contributed by atoms with Gasteiger partial charge in [-0.05, 0) is 79.8 Å². The van der Waals surface area contributed by atoms with E-state index >= 15 is 0 Å². The molecule has 4 rings (SSSR count). The van der Waals surface area contributed by atoms with Crippen LogP contribution < -0.4 is 10.3 Å². The predicted molar refractivity (Wildman–Crippen MR) is 153 cm³/mol. The van der Waals surface area contributed by atoms with E-state index in [9.17, 15) is 9.59 Å². The Kier molecular flexibility index (Phi) is 8.00. The van der Waals surface area contributed by atoms with E-state index in [0.717, 1.165) is 12.2 Å². The maximum atomic E-state index is 13.8. The Hall–Kier alpha value is -3.93. The Balaban J connectivity index is 1.82. The number of carbonyl (C=O) groups excluding carboxylic acids is 1. The molecule has 1 unspecified atom stereocenters. The standard InChI is InChI=1S/C32H37N3O3/c1-7-21-34(30(36)23-13-15-24(16-14-23)32(4,5)6)22(3)29-33-28-12-10-9-11-27(28)31(37)35(29)25-17-19-26(20-18-25)38-8-2/h9-20,22H,7-8,21H2,1-6H3. The predicted octanol–water partition coefficient (Wildman–Crippen LogP) is 6.70. The topological polar surface area (TPSA) is 64.4 Å². The Morgan fingerprint density at radius 1 is 0.974 bits per heavy atom. The van der Waals surface area contributed by atoms with E-state index in [1.807, 2.05) is 92.4 Å². The fraction of sp³-hybridized carbons (Fsp3) is 0.344. The third-order valence-corrected chi connectivity index (χ3v) is 6.77. The summed E-state index contributed by atoms with van der Waals surface area (Å²) in [5.41, 5.74) is 2.91. The summed E-state index contributed by atoms with van der Waals surface area (Å²) in [7, 11) is 0. The molecule has 0 N–H and O–H groups in total. The average Bonchev–Trinajstić information content (AvgIpc) is 2.91. The first-order valence-corrected chi connectivity index (χ1v) is 13.3. The number of hydrogen-bond acceptors (Lipinski definition) is 4. The molecule has 198 valence electrons. The van der Waals surface area contributed by atoms with E-state index in [2.05, 4.69) is 20.8 Å². The monoisotopic (exact) mass is 511 g/mol. The zero-order chi connectivity index (χ0) is 27.4. The second kappa shape index (κ2) is 11.2. The molecule has 1 heterocycles. The number of hydrogen-bond donors (Lipinski definition) is 0. The lowest BCUT2D eigenvalue weighted by Gasteiger charge is -2.30. The number of rotatable bonds is 8. The molecular weight excluding hydrogens is 474 g/mol. The van der Waals surface area contributed by atoms with Crippen molar-refractivity contribution >= 4 is 16.8 Å². The van der Waals surface area contributed by atoms with E-state index in [0.29, 0.717) is 41.1 Å². The first kappa shape index (κ1) is 27.1. The van der Waals surface area contributed by atoms with Crippen LogP contribution in [-0.4, -0.2) is 33.5 Å². The number of fused-ring (bicyclic) bond motifs is 1. The van der Waals surface area contributed by atoms with Gasteiger partial charge in [0.15, 0.2) is 0 Å². The minimum Gasteiger partial charge on any atom is -0.494 e. The Labute approximate surface area is 224 Å². The van der Waals surface area contributed by atoms with Gasteiger partial charge in [-0.2, -0.15) is 0 Å². The van der Waals surface area contributed by atoms with Crippen molar-refractivity contribution in [2.24, 2.45) is 0 Å². The Bertz CT molecular complexity index is 1470. The molecule has 1 aromatic heterocycles. The number of benzene rings is 3. The number of amides is 1. The van der Waals surface area contributed by atoms with Gasteiger partial charge in [-0.1, -0.05) is 52.0 Å². The molecule has 0 aliphatic heterocycles. The summed E-state index contributed by atoms with van der Waals surface area (Å²) in [5.74, 6) is 1.17. The van der Waals surface area contributed by atoms with Gasteiger partial charge in [0.2, 0.25) is 0 Å². The normalized spacial score (nSPS) is 12.4. The molecular formula is C32H37N3O3. The highest BCUT2D eigenvalue weighted by Gasteiger charge is 2.27. The summed E-state index contributed by atoms with van der Waals surface area (Å²) in [5, 5.41) is 0.531. The minimum absolute atomic E-state index is 0.000770. The molecule has 6 heteroatoms. The van der Waals surface area contributed by atoms with Gasteiger partial charge in [0.25, 0.3) is 11.5 Å². The lowest BCUT2D eigenvalue weighted by atomic mass is 9.86. The molecule has 1 atom stereocenters. The zero-order valence-corrected chi connectivity index (χ0v) is 23.2. The molecule has 0 aliphatic rings. The lowest BCUT2D eigenvalue weighted by molar-refractivity contribution is 0.0681. The van der Waals surface area contributed by atoms with Crippen LogP contribution in [-0.2, 0) is 5.41 Å². The number of ether oxygens (including phenoxy) is 1. The van der Waals surface area contributed by atoms with Gasteiger partial charge in [-0.25, -0.2) is 4.98 Å². The smallest absolute Gasteiger partial charge is 0.266 e. The highest BCUT2D eigenvalue weighted by atomic mass is 16.5. The van der Waals surface area contributed by atoms with Crippen molar-refractivity contribution in [3.63, 3.8) is 0 Å². The van der Waals surface area contributed by atoms with Crippen LogP contribution in [0.1, 0.15) is 75.8 Å². The molecule has 6 nitrogen and oxygen atoms in total. The van der Waals surface area contributed by atoms with Crippen LogP contribution in [0, 0.1) is 0 Å². The van der Waals surface area contributed by atoms with Crippen LogP contribution >= 0.6 is 0 Å². The SMILES string of the molecule is CCCN(C(=O)c1ccc(C(C)(C)C)cc1)C(C)c1nc2ccccc2c(=O)n1-c1ccc(OCC)cc1. The van der Waals surface area contributed by atoms with Crippen molar-refractivity contribution in [2.75, 3.05) is 13.2 Å². The minimum atomic E-state index is -0.450. The summed E-state index contributed by atoms with van der Waals surface area (Å²) in [4.78, 5) is 34.4. The molecule has 38 heavy (non-hydrogen) atoms. The van der Waals surface area contributed by atoms with Crippen LogP contribution in [0.3, 0.4) is 0 Å². The lowest BCUT2D eigenvalue weighted by Crippen LogP contribution is -2.38. The third-order valence-electron chi connectivity index (χ3n) is 6.77. The van der Waals surface area contributed by atoms with Gasteiger partial charge in [0.05, 0.1) is 29.2 Å². The second-order valence-electron chi connectivity index (χ2n) is 10.6. The summed E-state index contributed by atoms with van der Waals surface area (Å²) < 4.78 is 7.23. The molecule has 0 spiro atoms. The van der Waals surface area contributed by atoms with Crippen molar-refractivity contribution in [2.45, 2.75) is 59.4 Å². The fourth-order valence-corrected chi connectivity index (χ4v) is 4.67. The van der Waals surface area contributed by atoms with Crippen LogP contribution in [0.25, 0.3) is 16.6 Å². The maximum absolute atomic E-state index is 13.8. The molecule has 3 aromatic carbocycles. The van der Waals surface area contributed by atoms with Crippen LogP contribution in [0.2, 0.25) is 0 Å². The number of nitrogens with zero attached hydrogens (tertiary/aromatic N) is 3. The molecule has 0 saturated heterocycles. The van der Waals surface area contributed by atoms with E-state index in [1.165, 1.54) is 5.56 Å². The van der Waals surface area contributed by atoms with Gasteiger partial charge in [0, 0.05) is 12.1 Å². The van der Waals surface area contributed by atoms with Crippen molar-refractivity contribution in [1.29, 1.82) is 0 Å². The highest BCUT2D eigenvalue weighted by molar-refractivity contribution is 5.94. The maximum Gasteiger partial charge on any atom is 0.266 e. The summed E-state index contributed by atoms with van der Waals surface area (Å²) in [6.45, 7) is 13.5. The number of aromatic nitrogens is 2. The molecule has 0 radical (unpaired) electrons. The molecule has 4 aromatic rings. The van der Waals surface area contributed by atoms with E-state index in [4.69, 9.17) is 9.72 Å². The van der Waals surface area contributed by atoms with Crippen molar-refractivity contribution in [1.82, 2.24) is 14.5 Å². The summed E-state index contributed by atoms with van der Waals surface area (Å²) >= 11 is 0. The highest BCUT2D eigenvalue weighted by Crippen LogP contribution is 2.27. The summed E-state index contributed by atoms with van der Waals surface area (Å²) in [6, 6.07) is 22.1. The number of para-hydroxylation sites is 1. The van der Waals surface area contributed by atoms with Crippen LogP contribution in [0.15, 0.2) is 77.6 Å². The van der Waals surface area contributed by atoms with E-state index in [1.54, 1.807) is 10.6 Å². The van der Waals surface area contributed by atoms with Crippen molar-refractivity contribution < 1.29 is 9.53 Å². The first-order valence-electron chi connectivity index (χ1n) is 13.3. The summed E-state index contributed by atoms with van der Waals surface area (Å²) in [6.07, 6.45) is 0.775. The molecule has 0 bridgehead atoms. The Morgan fingerprint density at radius 2 is 1.63 bits per heavy atom. The van der Waals surface area contributed by atoms with Crippen molar-refractivity contribution in [3.8, 4) is 11.4 Å². The van der Waals surface area contributed by atoms with E-state index in [-0.39, 0.29) is 16.9 Å². The molecule has 0 aliphatic carbocycles. The van der Waals surface area contributed by atoms with E-state index < -0.39 is 6.04 Å². The van der Waals surface area contributed by atoms with Gasteiger partial charge >= 0.3 is 0 Å². The van der Waals surface area contributed by atoms with Crippen LogP contribution in [0.4, 0.5) is 0 Å². The molecule has 0 fully saturated rings. The largest absolute Gasteiger partial charge is 0.494 e. The van der Waals surface area contributed by atoms with Crippen LogP contribution in [0.5, 0.6) is 5.75 Å². The molecule has 0 saturated carbocycles. The van der Waals surface area contributed by atoms with Gasteiger partial charge < -0.3 is 9.64 Å². The fourth-order valence-electron chi connectivity index (χ4n) is 4.67. The second-order valence-corrected chi connectivity index (χ2v) is 10.6. The third kappa shape index (κ3) is 5.49. The quantitative estimate of drug-likeness (QED) is 0.264. The average molecular weight is 512 g/mol. The first-order chi connectivity index (χ1) is 18.2. The zero-order valence-electron chi connectivity index (χ0n) is 23.2. The van der Waals surface area contributed by atoms with Gasteiger partial charge in [-0.3, -0.25) is 14.2 Å². The van der Waals surface area contributed by atoms with Crippen molar-refractivity contribution in [3.05, 3.63) is 100 Å². The van der Waals surface area contributed by atoms with Gasteiger partial charge in [-0.15, -0.1) is 0 Å². The number of carbonyl (C=O) groups is 1. The van der Waals surface area contributed by atoms with Gasteiger partial charge in [0.1, 0.15) is 11.6 Å². The molecule has 1 amide bonds.